The predicted molar refractivity (Wildman–Crippen MR) is 123 cm³/mol. The van der Waals surface area contributed by atoms with Crippen LogP contribution in [0, 0.1) is 6.92 Å². The van der Waals surface area contributed by atoms with Crippen molar-refractivity contribution in [3.8, 4) is 22.9 Å². The van der Waals surface area contributed by atoms with Gasteiger partial charge in [0.25, 0.3) is 0 Å². The fourth-order valence-corrected chi connectivity index (χ4v) is 3.79. The standard InChI is InChI=1S/C23H23N5O3S/c1-15-4-6-16(7-5-15)13-24-21(29)14-32-22-11-10-20-25-26-23(28(20)27-22)17-8-9-18(30-2)19(12-17)31-3/h4-12H,13-14H2,1-3H3,(H,24,29). The summed E-state index contributed by atoms with van der Waals surface area (Å²) in [5, 5.41) is 16.7. The van der Waals surface area contributed by atoms with Gasteiger partial charge in [0, 0.05) is 12.1 Å². The molecule has 4 aromatic rings. The van der Waals surface area contributed by atoms with Gasteiger partial charge < -0.3 is 14.8 Å². The number of nitrogens with zero attached hydrogens (tertiary/aromatic N) is 4. The molecule has 8 nitrogen and oxygen atoms in total. The summed E-state index contributed by atoms with van der Waals surface area (Å²) in [6.07, 6.45) is 0. The second-order valence-electron chi connectivity index (χ2n) is 7.09. The molecule has 2 aromatic carbocycles. The summed E-state index contributed by atoms with van der Waals surface area (Å²) >= 11 is 1.36. The highest BCUT2D eigenvalue weighted by atomic mass is 32.2. The molecule has 0 aliphatic rings. The molecule has 0 saturated heterocycles. The number of hydrogen-bond donors (Lipinski definition) is 1. The van der Waals surface area contributed by atoms with Crippen molar-refractivity contribution in [3.63, 3.8) is 0 Å². The van der Waals surface area contributed by atoms with Crippen LogP contribution in [0.15, 0.2) is 59.6 Å². The third kappa shape index (κ3) is 4.83. The molecule has 2 heterocycles. The smallest absolute Gasteiger partial charge is 0.230 e. The van der Waals surface area contributed by atoms with Crippen LogP contribution in [-0.2, 0) is 11.3 Å². The molecule has 1 N–H and O–H groups in total. The number of carbonyl (C=O) groups excluding carboxylic acids is 1. The maximum absolute atomic E-state index is 12.3. The minimum absolute atomic E-state index is 0.0543. The zero-order valence-corrected chi connectivity index (χ0v) is 18.8. The Balaban J connectivity index is 1.45. The summed E-state index contributed by atoms with van der Waals surface area (Å²) in [6, 6.07) is 17.3. The minimum Gasteiger partial charge on any atom is -0.493 e. The van der Waals surface area contributed by atoms with E-state index in [4.69, 9.17) is 9.47 Å². The average molecular weight is 450 g/mol. The maximum atomic E-state index is 12.3. The molecule has 1 amide bonds. The molecule has 0 atom stereocenters. The van der Waals surface area contributed by atoms with Crippen LogP contribution in [0.5, 0.6) is 11.5 Å². The number of thioether (sulfide) groups is 1. The lowest BCUT2D eigenvalue weighted by Crippen LogP contribution is -2.24. The van der Waals surface area contributed by atoms with Crippen LogP contribution < -0.4 is 14.8 Å². The van der Waals surface area contributed by atoms with E-state index in [1.807, 2.05) is 61.5 Å². The van der Waals surface area contributed by atoms with Gasteiger partial charge in [0.05, 0.1) is 20.0 Å². The van der Waals surface area contributed by atoms with Gasteiger partial charge in [-0.25, -0.2) is 0 Å². The van der Waals surface area contributed by atoms with Crippen molar-refractivity contribution in [2.45, 2.75) is 18.5 Å². The van der Waals surface area contributed by atoms with E-state index in [0.29, 0.717) is 34.5 Å². The number of methoxy groups -OCH3 is 2. The van der Waals surface area contributed by atoms with Crippen molar-refractivity contribution in [1.29, 1.82) is 0 Å². The first kappa shape index (κ1) is 21.6. The van der Waals surface area contributed by atoms with E-state index in [0.717, 1.165) is 11.1 Å². The van der Waals surface area contributed by atoms with E-state index in [1.54, 1.807) is 18.7 Å². The largest absolute Gasteiger partial charge is 0.493 e. The van der Waals surface area contributed by atoms with E-state index in [-0.39, 0.29) is 11.7 Å². The number of benzene rings is 2. The first-order valence-electron chi connectivity index (χ1n) is 9.97. The van der Waals surface area contributed by atoms with Gasteiger partial charge in [0.15, 0.2) is 23.0 Å². The van der Waals surface area contributed by atoms with E-state index in [2.05, 4.69) is 20.6 Å². The number of amides is 1. The van der Waals surface area contributed by atoms with Crippen LogP contribution in [0.4, 0.5) is 0 Å². The molecule has 164 valence electrons. The van der Waals surface area contributed by atoms with Crippen molar-refractivity contribution in [1.82, 2.24) is 25.1 Å². The lowest BCUT2D eigenvalue weighted by Gasteiger charge is -2.09. The molecule has 0 bridgehead atoms. The summed E-state index contributed by atoms with van der Waals surface area (Å²) in [5.41, 5.74) is 3.67. The highest BCUT2D eigenvalue weighted by Crippen LogP contribution is 2.31. The Morgan fingerprint density at radius 2 is 1.78 bits per heavy atom. The lowest BCUT2D eigenvalue weighted by atomic mass is 10.1. The van der Waals surface area contributed by atoms with Crippen molar-refractivity contribution >= 4 is 23.3 Å². The topological polar surface area (TPSA) is 90.6 Å². The average Bonchev–Trinajstić information content (AvgIpc) is 3.25. The highest BCUT2D eigenvalue weighted by Gasteiger charge is 2.14. The van der Waals surface area contributed by atoms with Crippen LogP contribution in [0.25, 0.3) is 17.0 Å². The molecule has 2 aromatic heterocycles. The van der Waals surface area contributed by atoms with E-state index in [9.17, 15) is 4.79 Å². The van der Waals surface area contributed by atoms with E-state index in [1.165, 1.54) is 17.3 Å². The third-order valence-corrected chi connectivity index (χ3v) is 5.76. The molecular weight excluding hydrogens is 426 g/mol. The summed E-state index contributed by atoms with van der Waals surface area (Å²) < 4.78 is 12.3. The molecule has 0 radical (unpaired) electrons. The van der Waals surface area contributed by atoms with Gasteiger partial charge in [0.2, 0.25) is 5.91 Å². The van der Waals surface area contributed by atoms with Gasteiger partial charge in [0.1, 0.15) is 5.03 Å². The summed E-state index contributed by atoms with van der Waals surface area (Å²) in [6.45, 7) is 2.54. The number of aryl methyl sites for hydroxylation is 1. The summed E-state index contributed by atoms with van der Waals surface area (Å²) in [4.78, 5) is 12.3. The zero-order chi connectivity index (χ0) is 22.5. The normalized spacial score (nSPS) is 10.8. The Kier molecular flexibility index (Phi) is 6.55. The molecule has 0 unspecified atom stereocenters. The van der Waals surface area contributed by atoms with Crippen LogP contribution in [0.3, 0.4) is 0 Å². The van der Waals surface area contributed by atoms with Crippen LogP contribution >= 0.6 is 11.8 Å². The number of aromatic nitrogens is 4. The van der Waals surface area contributed by atoms with Gasteiger partial charge in [-0.3, -0.25) is 4.79 Å². The number of ether oxygens (including phenoxy) is 2. The number of carbonyl (C=O) groups is 1. The van der Waals surface area contributed by atoms with Gasteiger partial charge >= 0.3 is 0 Å². The molecule has 32 heavy (non-hydrogen) atoms. The molecule has 0 saturated carbocycles. The number of fused-ring (bicyclic) bond motifs is 1. The summed E-state index contributed by atoms with van der Waals surface area (Å²) in [7, 11) is 3.17. The Bertz CT molecular complexity index is 1240. The SMILES string of the molecule is COc1ccc(-c2nnc3ccc(SCC(=O)NCc4ccc(C)cc4)nn23)cc1OC. The first-order chi connectivity index (χ1) is 15.6. The summed E-state index contributed by atoms with van der Waals surface area (Å²) in [5.74, 6) is 2.01. The van der Waals surface area contributed by atoms with Crippen LogP contribution in [0.1, 0.15) is 11.1 Å². The number of hydrogen-bond acceptors (Lipinski definition) is 7. The van der Waals surface area contributed by atoms with Crippen LogP contribution in [-0.4, -0.2) is 45.7 Å². The first-order valence-corrected chi connectivity index (χ1v) is 11.0. The molecule has 4 rings (SSSR count). The zero-order valence-electron chi connectivity index (χ0n) is 18.0. The third-order valence-electron chi connectivity index (χ3n) is 4.84. The van der Waals surface area contributed by atoms with Gasteiger partial charge in [-0.05, 0) is 42.8 Å². The Hall–Kier alpha value is -3.59. The molecule has 9 heteroatoms. The Labute approximate surface area is 190 Å². The minimum atomic E-state index is -0.0543. The quantitative estimate of drug-likeness (QED) is 0.412. The van der Waals surface area contributed by atoms with E-state index < -0.39 is 0 Å². The predicted octanol–water partition coefficient (Wildman–Crippen LogP) is 3.53. The number of nitrogens with one attached hydrogen (secondary N) is 1. The Morgan fingerprint density at radius 1 is 1.00 bits per heavy atom. The molecule has 0 fully saturated rings. The molecule has 0 spiro atoms. The molecular formula is C23H23N5O3S. The second-order valence-corrected chi connectivity index (χ2v) is 8.08. The van der Waals surface area contributed by atoms with Crippen molar-refractivity contribution in [2.24, 2.45) is 0 Å². The maximum Gasteiger partial charge on any atom is 0.230 e. The number of rotatable bonds is 8. The lowest BCUT2D eigenvalue weighted by molar-refractivity contribution is -0.118. The van der Waals surface area contributed by atoms with Crippen molar-refractivity contribution in [2.75, 3.05) is 20.0 Å². The highest BCUT2D eigenvalue weighted by molar-refractivity contribution is 7.99. The fraction of sp³-hybridized carbons (Fsp3) is 0.217. The second kappa shape index (κ2) is 9.69. The van der Waals surface area contributed by atoms with Gasteiger partial charge in [-0.2, -0.15) is 9.61 Å². The monoisotopic (exact) mass is 449 g/mol. The van der Waals surface area contributed by atoms with Crippen LogP contribution in [0.2, 0.25) is 0 Å². The van der Waals surface area contributed by atoms with Crippen molar-refractivity contribution < 1.29 is 14.3 Å². The Morgan fingerprint density at radius 3 is 2.53 bits per heavy atom. The van der Waals surface area contributed by atoms with E-state index >= 15 is 0 Å². The molecule has 0 aliphatic carbocycles. The van der Waals surface area contributed by atoms with Gasteiger partial charge in [-0.1, -0.05) is 41.6 Å². The fourth-order valence-electron chi connectivity index (χ4n) is 3.10. The van der Waals surface area contributed by atoms with Crippen molar-refractivity contribution in [3.05, 3.63) is 65.7 Å². The van der Waals surface area contributed by atoms with Gasteiger partial charge in [-0.15, -0.1) is 10.2 Å². The molecule has 0 aliphatic heterocycles.